The molecular weight excluding hydrogens is 146 g/mol. The van der Waals surface area contributed by atoms with Crippen LogP contribution in [-0.4, -0.2) is 13.1 Å². The van der Waals surface area contributed by atoms with Crippen molar-refractivity contribution in [2.45, 2.75) is 47.5 Å². The zero-order valence-electron chi connectivity index (χ0n) is 9.41. The van der Waals surface area contributed by atoms with Gasteiger partial charge >= 0.3 is 0 Å². The zero-order chi connectivity index (χ0) is 9.61. The molecule has 1 heterocycles. The van der Waals surface area contributed by atoms with E-state index < -0.39 is 0 Å². The highest BCUT2D eigenvalue weighted by Crippen LogP contribution is 2.55. The highest BCUT2D eigenvalue weighted by Gasteiger charge is 2.50. The molecule has 74 valence electrons. The Bertz CT molecular complexity index is 110. The van der Waals surface area contributed by atoms with E-state index in [0.717, 1.165) is 11.3 Å². The van der Waals surface area contributed by atoms with Gasteiger partial charge < -0.3 is 5.32 Å². The second-order valence-corrected chi connectivity index (χ2v) is 3.51. The van der Waals surface area contributed by atoms with E-state index >= 15 is 0 Å². The van der Waals surface area contributed by atoms with Crippen molar-refractivity contribution in [2.24, 2.45) is 11.3 Å². The third-order valence-electron chi connectivity index (χ3n) is 2.80. The Balaban J connectivity index is 0.000000269. The predicted molar refractivity (Wildman–Crippen MR) is 56.4 cm³/mol. The molecular formula is C11H25N. The normalized spacial score (nSPS) is 36.2. The van der Waals surface area contributed by atoms with Crippen LogP contribution < -0.4 is 5.32 Å². The summed E-state index contributed by atoms with van der Waals surface area (Å²) in [4.78, 5) is 0. The average molecular weight is 171 g/mol. The molecule has 12 heavy (non-hydrogen) atoms. The van der Waals surface area contributed by atoms with E-state index in [1.165, 1.54) is 25.9 Å². The third-order valence-corrected chi connectivity index (χ3v) is 2.80. The van der Waals surface area contributed by atoms with E-state index in [1.54, 1.807) is 0 Å². The second kappa shape index (κ2) is 5.58. The summed E-state index contributed by atoms with van der Waals surface area (Å²) in [5, 5.41) is 3.40. The van der Waals surface area contributed by atoms with Crippen LogP contribution in [0.25, 0.3) is 0 Å². The molecule has 1 saturated heterocycles. The number of hydrogen-bond acceptors (Lipinski definition) is 1. The van der Waals surface area contributed by atoms with Gasteiger partial charge in [0.15, 0.2) is 0 Å². The number of rotatable bonds is 0. The summed E-state index contributed by atoms with van der Waals surface area (Å²) < 4.78 is 0. The first kappa shape index (κ1) is 12.0. The molecule has 0 aromatic rings. The van der Waals surface area contributed by atoms with Gasteiger partial charge in [-0.2, -0.15) is 0 Å². The fourth-order valence-corrected chi connectivity index (χ4v) is 1.78. The quantitative estimate of drug-likeness (QED) is 0.590. The van der Waals surface area contributed by atoms with Crippen LogP contribution in [0.5, 0.6) is 0 Å². The lowest BCUT2D eigenvalue weighted by Crippen LogP contribution is -2.27. The largest absolute Gasteiger partial charge is 0.316 e. The molecule has 0 aromatic heterocycles. The Labute approximate surface area is 77.9 Å². The maximum Gasteiger partial charge on any atom is -0.00151 e. The number of fused-ring (bicyclic) bond motifs is 1. The lowest BCUT2D eigenvalue weighted by molar-refractivity contribution is 0.382. The Morgan fingerprint density at radius 3 is 2.08 bits per heavy atom. The minimum Gasteiger partial charge on any atom is -0.316 e. The average Bonchev–Trinajstić information content (AvgIpc) is 2.83. The van der Waals surface area contributed by atoms with Crippen LogP contribution in [0, 0.1) is 11.3 Å². The molecule has 2 unspecified atom stereocenters. The van der Waals surface area contributed by atoms with Crippen molar-refractivity contribution in [2.75, 3.05) is 13.1 Å². The van der Waals surface area contributed by atoms with Gasteiger partial charge in [0.1, 0.15) is 0 Å². The standard InChI is InChI=1S/C7H13N.2C2H6/c1-7-2-3-8-5-6(7)4-7;2*1-2/h6,8H,2-5H2,1H3;2*1-2H3. The van der Waals surface area contributed by atoms with Crippen molar-refractivity contribution in [3.05, 3.63) is 0 Å². The molecule has 2 fully saturated rings. The monoisotopic (exact) mass is 171 g/mol. The van der Waals surface area contributed by atoms with Gasteiger partial charge in [-0.25, -0.2) is 0 Å². The van der Waals surface area contributed by atoms with Crippen molar-refractivity contribution in [3.63, 3.8) is 0 Å². The molecule has 0 radical (unpaired) electrons. The number of piperidine rings is 1. The SMILES string of the molecule is CC.CC.CC12CCNCC1C2. The molecule has 2 atom stereocenters. The van der Waals surface area contributed by atoms with Gasteiger partial charge in [0.2, 0.25) is 0 Å². The number of hydrogen-bond donors (Lipinski definition) is 1. The van der Waals surface area contributed by atoms with Crippen LogP contribution in [-0.2, 0) is 0 Å². The highest BCUT2D eigenvalue weighted by molar-refractivity contribution is 5.02. The summed E-state index contributed by atoms with van der Waals surface area (Å²) in [5.41, 5.74) is 0.783. The van der Waals surface area contributed by atoms with Gasteiger partial charge in [0.25, 0.3) is 0 Å². The van der Waals surface area contributed by atoms with Gasteiger partial charge in [0, 0.05) is 0 Å². The molecule has 1 heteroatoms. The van der Waals surface area contributed by atoms with Crippen molar-refractivity contribution >= 4 is 0 Å². The van der Waals surface area contributed by atoms with Crippen LogP contribution in [0.4, 0.5) is 0 Å². The van der Waals surface area contributed by atoms with Crippen LogP contribution in [0.15, 0.2) is 0 Å². The predicted octanol–water partition coefficient (Wildman–Crippen LogP) is 3.06. The smallest absolute Gasteiger partial charge is 0.00151 e. The fraction of sp³-hybridized carbons (Fsp3) is 1.00. The molecule has 2 aliphatic rings. The summed E-state index contributed by atoms with van der Waals surface area (Å²) in [7, 11) is 0. The van der Waals surface area contributed by atoms with Crippen molar-refractivity contribution in [3.8, 4) is 0 Å². The Morgan fingerprint density at radius 2 is 1.75 bits per heavy atom. The maximum atomic E-state index is 3.40. The Morgan fingerprint density at radius 1 is 1.17 bits per heavy atom. The van der Waals surface area contributed by atoms with Crippen molar-refractivity contribution in [1.29, 1.82) is 0 Å². The fourth-order valence-electron chi connectivity index (χ4n) is 1.78. The molecule has 1 nitrogen and oxygen atoms in total. The highest BCUT2D eigenvalue weighted by atomic mass is 14.9. The van der Waals surface area contributed by atoms with Crippen LogP contribution in [0.1, 0.15) is 47.5 Å². The molecule has 1 aliphatic heterocycles. The number of nitrogens with one attached hydrogen (secondary N) is 1. The summed E-state index contributed by atoms with van der Waals surface area (Å²) in [6.45, 7) is 13.0. The minimum absolute atomic E-state index is 0.783. The van der Waals surface area contributed by atoms with E-state index in [4.69, 9.17) is 0 Å². The van der Waals surface area contributed by atoms with E-state index in [2.05, 4.69) is 12.2 Å². The molecule has 0 spiro atoms. The van der Waals surface area contributed by atoms with E-state index in [0.29, 0.717) is 0 Å². The van der Waals surface area contributed by atoms with Gasteiger partial charge in [0.05, 0.1) is 0 Å². The molecule has 0 aromatic carbocycles. The second-order valence-electron chi connectivity index (χ2n) is 3.51. The van der Waals surface area contributed by atoms with E-state index in [-0.39, 0.29) is 0 Å². The first-order chi connectivity index (χ1) is 5.81. The minimum atomic E-state index is 0.783. The summed E-state index contributed by atoms with van der Waals surface area (Å²) in [5.74, 6) is 1.04. The molecule has 1 saturated carbocycles. The Hall–Kier alpha value is -0.0400. The molecule has 0 amide bonds. The Kier molecular flexibility index (Phi) is 5.56. The van der Waals surface area contributed by atoms with Crippen LogP contribution >= 0.6 is 0 Å². The third kappa shape index (κ3) is 2.78. The van der Waals surface area contributed by atoms with Crippen molar-refractivity contribution in [1.82, 2.24) is 5.32 Å². The summed E-state index contributed by atoms with van der Waals surface area (Å²) >= 11 is 0. The lowest BCUT2D eigenvalue weighted by Gasteiger charge is -2.17. The van der Waals surface area contributed by atoms with Gasteiger partial charge in [-0.05, 0) is 37.3 Å². The van der Waals surface area contributed by atoms with Crippen LogP contribution in [0.3, 0.4) is 0 Å². The zero-order valence-corrected chi connectivity index (χ0v) is 9.41. The topological polar surface area (TPSA) is 12.0 Å². The van der Waals surface area contributed by atoms with Gasteiger partial charge in [-0.3, -0.25) is 0 Å². The summed E-state index contributed by atoms with van der Waals surface area (Å²) in [6.07, 6.45) is 2.90. The summed E-state index contributed by atoms with van der Waals surface area (Å²) in [6, 6.07) is 0. The first-order valence-electron chi connectivity index (χ1n) is 5.52. The van der Waals surface area contributed by atoms with E-state index in [9.17, 15) is 0 Å². The van der Waals surface area contributed by atoms with Gasteiger partial charge in [-0.15, -0.1) is 0 Å². The van der Waals surface area contributed by atoms with Crippen LogP contribution in [0.2, 0.25) is 0 Å². The molecule has 1 aliphatic carbocycles. The maximum absolute atomic E-state index is 3.40. The first-order valence-corrected chi connectivity index (χ1v) is 5.52. The molecule has 2 rings (SSSR count). The molecule has 0 bridgehead atoms. The molecule has 1 N–H and O–H groups in total. The lowest BCUT2D eigenvalue weighted by atomic mass is 9.99. The van der Waals surface area contributed by atoms with E-state index in [1.807, 2.05) is 27.7 Å². The van der Waals surface area contributed by atoms with Gasteiger partial charge in [-0.1, -0.05) is 34.6 Å². The van der Waals surface area contributed by atoms with Crippen molar-refractivity contribution < 1.29 is 0 Å².